The minimum absolute atomic E-state index is 0.178. The molecule has 0 aliphatic heterocycles. The quantitative estimate of drug-likeness (QED) is 0.908. The summed E-state index contributed by atoms with van der Waals surface area (Å²) in [7, 11) is 1.72. The minimum atomic E-state index is 0.178. The monoisotopic (exact) mass is 255 g/mol. The van der Waals surface area contributed by atoms with E-state index in [4.69, 9.17) is 10.5 Å². The van der Waals surface area contributed by atoms with Crippen molar-refractivity contribution in [2.75, 3.05) is 13.7 Å². The first kappa shape index (κ1) is 13.6. The van der Waals surface area contributed by atoms with Gasteiger partial charge >= 0.3 is 0 Å². The van der Waals surface area contributed by atoms with Crippen molar-refractivity contribution in [2.24, 2.45) is 5.73 Å². The lowest BCUT2D eigenvalue weighted by molar-refractivity contribution is 0.407. The molecule has 0 spiro atoms. The highest BCUT2D eigenvalue weighted by molar-refractivity contribution is 5.49. The number of rotatable bonds is 4. The van der Waals surface area contributed by atoms with Crippen molar-refractivity contribution in [3.8, 4) is 5.75 Å². The van der Waals surface area contributed by atoms with Gasteiger partial charge in [-0.05, 0) is 36.6 Å². The van der Waals surface area contributed by atoms with Crippen LogP contribution in [0.25, 0.3) is 0 Å². The molecule has 0 aliphatic rings. The molecule has 2 heteroatoms. The molecule has 0 saturated heterocycles. The first-order valence-corrected chi connectivity index (χ1v) is 6.57. The third-order valence-electron chi connectivity index (χ3n) is 3.50. The summed E-state index contributed by atoms with van der Waals surface area (Å²) in [5, 5.41) is 0. The van der Waals surface area contributed by atoms with Gasteiger partial charge in [0.2, 0.25) is 0 Å². The molecule has 2 N–H and O–H groups in total. The Balaban J connectivity index is 2.55. The molecule has 19 heavy (non-hydrogen) atoms. The number of benzene rings is 2. The molecule has 2 nitrogen and oxygen atoms in total. The second kappa shape index (κ2) is 5.89. The fourth-order valence-electron chi connectivity index (χ4n) is 2.66. The Morgan fingerprint density at radius 2 is 1.79 bits per heavy atom. The summed E-state index contributed by atoms with van der Waals surface area (Å²) in [5.74, 6) is 1.11. The third kappa shape index (κ3) is 2.79. The molecule has 0 aromatic heterocycles. The molecule has 2 rings (SSSR count). The van der Waals surface area contributed by atoms with Crippen LogP contribution in [0.1, 0.15) is 28.2 Å². The van der Waals surface area contributed by atoms with Gasteiger partial charge in [-0.3, -0.25) is 0 Å². The lowest BCUT2D eigenvalue weighted by atomic mass is 9.87. The Morgan fingerprint density at radius 3 is 2.37 bits per heavy atom. The van der Waals surface area contributed by atoms with Gasteiger partial charge in [-0.2, -0.15) is 0 Å². The van der Waals surface area contributed by atoms with Gasteiger partial charge < -0.3 is 10.5 Å². The predicted octanol–water partition coefficient (Wildman–Crippen LogP) is 3.40. The predicted molar refractivity (Wildman–Crippen MR) is 79.8 cm³/mol. The summed E-state index contributed by atoms with van der Waals surface area (Å²) in [6.45, 7) is 4.78. The van der Waals surface area contributed by atoms with Gasteiger partial charge in [0.1, 0.15) is 5.75 Å². The molecule has 2 aromatic carbocycles. The number of nitrogens with two attached hydrogens (primary N) is 1. The van der Waals surface area contributed by atoms with E-state index in [0.29, 0.717) is 6.54 Å². The van der Waals surface area contributed by atoms with Gasteiger partial charge in [-0.1, -0.05) is 36.4 Å². The van der Waals surface area contributed by atoms with Crippen LogP contribution in [0.2, 0.25) is 0 Å². The van der Waals surface area contributed by atoms with Gasteiger partial charge in [0.05, 0.1) is 7.11 Å². The Hall–Kier alpha value is -1.80. The van der Waals surface area contributed by atoms with E-state index < -0.39 is 0 Å². The van der Waals surface area contributed by atoms with E-state index in [1.807, 2.05) is 18.2 Å². The number of aryl methyl sites for hydroxylation is 2. The fourth-order valence-corrected chi connectivity index (χ4v) is 2.66. The van der Waals surface area contributed by atoms with Crippen LogP contribution in [0.4, 0.5) is 0 Å². The van der Waals surface area contributed by atoms with Crippen LogP contribution in [0, 0.1) is 13.8 Å². The maximum atomic E-state index is 6.01. The van der Waals surface area contributed by atoms with Crippen LogP contribution in [0.15, 0.2) is 42.5 Å². The Bertz CT molecular complexity index is 549. The van der Waals surface area contributed by atoms with Crippen LogP contribution < -0.4 is 10.5 Å². The average Bonchev–Trinajstić information content (AvgIpc) is 2.42. The van der Waals surface area contributed by atoms with E-state index in [-0.39, 0.29) is 5.92 Å². The Morgan fingerprint density at radius 1 is 1.11 bits per heavy atom. The average molecular weight is 255 g/mol. The zero-order valence-electron chi connectivity index (χ0n) is 11.8. The molecule has 100 valence electrons. The Kier molecular flexibility index (Phi) is 4.23. The van der Waals surface area contributed by atoms with Crippen molar-refractivity contribution in [2.45, 2.75) is 19.8 Å². The van der Waals surface area contributed by atoms with E-state index in [1.54, 1.807) is 7.11 Å². The van der Waals surface area contributed by atoms with Crippen LogP contribution in [0.5, 0.6) is 5.75 Å². The van der Waals surface area contributed by atoms with Crippen molar-refractivity contribution >= 4 is 0 Å². The van der Waals surface area contributed by atoms with E-state index in [0.717, 1.165) is 5.75 Å². The zero-order chi connectivity index (χ0) is 13.8. The summed E-state index contributed by atoms with van der Waals surface area (Å²) < 4.78 is 5.56. The van der Waals surface area contributed by atoms with Crippen molar-refractivity contribution in [3.63, 3.8) is 0 Å². The molecular formula is C17H21NO. The standard InChI is InChI=1S/C17H21NO/c1-12-9-13(2)17(16(10-12)19-3)15(11-18)14-7-5-4-6-8-14/h4-10,15H,11,18H2,1-3H3. The summed E-state index contributed by atoms with van der Waals surface area (Å²) in [6, 6.07) is 14.6. The van der Waals surface area contributed by atoms with Crippen LogP contribution in [-0.2, 0) is 0 Å². The maximum absolute atomic E-state index is 6.01. The first-order chi connectivity index (χ1) is 9.17. The number of ether oxygens (including phenoxy) is 1. The lowest BCUT2D eigenvalue weighted by Crippen LogP contribution is -2.16. The SMILES string of the molecule is COc1cc(C)cc(C)c1C(CN)c1ccccc1. The van der Waals surface area contributed by atoms with Crippen LogP contribution in [-0.4, -0.2) is 13.7 Å². The summed E-state index contributed by atoms with van der Waals surface area (Å²) in [4.78, 5) is 0. The number of hydrogen-bond acceptors (Lipinski definition) is 2. The summed E-state index contributed by atoms with van der Waals surface area (Å²) in [6.07, 6.45) is 0. The Labute approximate surface area is 115 Å². The van der Waals surface area contributed by atoms with Gasteiger partial charge in [0, 0.05) is 18.0 Å². The zero-order valence-corrected chi connectivity index (χ0v) is 11.8. The molecule has 0 amide bonds. The third-order valence-corrected chi connectivity index (χ3v) is 3.50. The van der Waals surface area contributed by atoms with Crippen LogP contribution >= 0.6 is 0 Å². The van der Waals surface area contributed by atoms with Crippen LogP contribution in [0.3, 0.4) is 0 Å². The molecule has 0 saturated carbocycles. The van der Waals surface area contributed by atoms with Gasteiger partial charge in [-0.15, -0.1) is 0 Å². The van der Waals surface area contributed by atoms with E-state index in [9.17, 15) is 0 Å². The molecule has 0 fully saturated rings. The molecule has 1 unspecified atom stereocenters. The lowest BCUT2D eigenvalue weighted by Gasteiger charge is -2.21. The second-order valence-electron chi connectivity index (χ2n) is 4.90. The summed E-state index contributed by atoms with van der Waals surface area (Å²) >= 11 is 0. The maximum Gasteiger partial charge on any atom is 0.123 e. The fraction of sp³-hybridized carbons (Fsp3) is 0.294. The van der Waals surface area contributed by atoms with Crippen molar-refractivity contribution < 1.29 is 4.74 Å². The largest absolute Gasteiger partial charge is 0.496 e. The first-order valence-electron chi connectivity index (χ1n) is 6.57. The molecule has 1 atom stereocenters. The molecule has 2 aromatic rings. The van der Waals surface area contributed by atoms with Crippen molar-refractivity contribution in [3.05, 3.63) is 64.7 Å². The van der Waals surface area contributed by atoms with Gasteiger partial charge in [0.15, 0.2) is 0 Å². The molecular weight excluding hydrogens is 234 g/mol. The van der Waals surface area contributed by atoms with E-state index >= 15 is 0 Å². The molecule has 0 heterocycles. The van der Waals surface area contributed by atoms with Gasteiger partial charge in [0.25, 0.3) is 0 Å². The smallest absolute Gasteiger partial charge is 0.123 e. The van der Waals surface area contributed by atoms with E-state index in [2.05, 4.69) is 38.1 Å². The number of methoxy groups -OCH3 is 1. The highest BCUT2D eigenvalue weighted by Crippen LogP contribution is 2.34. The highest BCUT2D eigenvalue weighted by Gasteiger charge is 2.19. The normalized spacial score (nSPS) is 12.2. The molecule has 0 aliphatic carbocycles. The van der Waals surface area contributed by atoms with Gasteiger partial charge in [-0.25, -0.2) is 0 Å². The van der Waals surface area contributed by atoms with E-state index in [1.165, 1.54) is 22.3 Å². The van der Waals surface area contributed by atoms with Crippen molar-refractivity contribution in [1.82, 2.24) is 0 Å². The highest BCUT2D eigenvalue weighted by atomic mass is 16.5. The molecule has 0 bridgehead atoms. The minimum Gasteiger partial charge on any atom is -0.496 e. The number of hydrogen-bond donors (Lipinski definition) is 1. The summed E-state index contributed by atoms with van der Waals surface area (Å²) in [5.41, 5.74) is 10.9. The topological polar surface area (TPSA) is 35.2 Å². The molecule has 0 radical (unpaired) electrons. The second-order valence-corrected chi connectivity index (χ2v) is 4.90. The van der Waals surface area contributed by atoms with Crippen molar-refractivity contribution in [1.29, 1.82) is 0 Å².